The van der Waals surface area contributed by atoms with Crippen LogP contribution in [0.1, 0.15) is 41.3 Å². The Morgan fingerprint density at radius 1 is 1.05 bits per heavy atom. The van der Waals surface area contributed by atoms with Crippen LogP contribution in [0.5, 0.6) is 0 Å². The third-order valence-corrected chi connectivity index (χ3v) is 3.82. The zero-order valence-electron chi connectivity index (χ0n) is 11.0. The SMILES string of the molecule is CC(C)c1ccc(C(=O)c2ccc(Br)c(N)c2)cc1. The minimum Gasteiger partial charge on any atom is -0.398 e. The minimum absolute atomic E-state index is 0.00509. The molecule has 19 heavy (non-hydrogen) atoms. The number of rotatable bonds is 3. The maximum absolute atomic E-state index is 12.3. The average Bonchev–Trinajstić information content (AvgIpc) is 2.41. The molecular formula is C16H16BrNO. The molecule has 0 heterocycles. The van der Waals surface area contributed by atoms with Crippen LogP contribution in [0.25, 0.3) is 0 Å². The fourth-order valence-corrected chi connectivity index (χ4v) is 2.12. The average molecular weight is 318 g/mol. The second-order valence-electron chi connectivity index (χ2n) is 4.84. The number of hydrogen-bond donors (Lipinski definition) is 1. The van der Waals surface area contributed by atoms with Crippen LogP contribution in [-0.4, -0.2) is 5.78 Å². The number of nitrogens with two attached hydrogens (primary N) is 1. The second-order valence-corrected chi connectivity index (χ2v) is 5.70. The molecule has 0 bridgehead atoms. The van der Waals surface area contributed by atoms with Gasteiger partial charge in [0.1, 0.15) is 0 Å². The van der Waals surface area contributed by atoms with Crippen LogP contribution in [0.4, 0.5) is 5.69 Å². The molecule has 0 aliphatic heterocycles. The summed E-state index contributed by atoms with van der Waals surface area (Å²) in [5.74, 6) is 0.460. The normalized spacial score (nSPS) is 10.7. The Morgan fingerprint density at radius 2 is 1.63 bits per heavy atom. The predicted molar refractivity (Wildman–Crippen MR) is 82.5 cm³/mol. The van der Waals surface area contributed by atoms with E-state index in [4.69, 9.17) is 5.73 Å². The highest BCUT2D eigenvalue weighted by Crippen LogP contribution is 2.22. The van der Waals surface area contributed by atoms with Gasteiger partial charge in [0.05, 0.1) is 0 Å². The highest BCUT2D eigenvalue weighted by molar-refractivity contribution is 9.10. The number of ketones is 1. The molecule has 98 valence electrons. The smallest absolute Gasteiger partial charge is 0.193 e. The van der Waals surface area contributed by atoms with Gasteiger partial charge in [-0.3, -0.25) is 4.79 Å². The lowest BCUT2D eigenvalue weighted by Crippen LogP contribution is -2.02. The first-order valence-corrected chi connectivity index (χ1v) is 6.98. The van der Waals surface area contributed by atoms with E-state index in [1.807, 2.05) is 24.3 Å². The molecule has 0 saturated heterocycles. The Hall–Kier alpha value is -1.61. The molecule has 2 aromatic rings. The molecule has 0 aliphatic carbocycles. The topological polar surface area (TPSA) is 43.1 Å². The van der Waals surface area contributed by atoms with Gasteiger partial charge in [-0.05, 0) is 45.6 Å². The maximum atomic E-state index is 12.3. The van der Waals surface area contributed by atoms with Crippen molar-refractivity contribution in [3.05, 3.63) is 63.6 Å². The summed E-state index contributed by atoms with van der Waals surface area (Å²) in [5, 5.41) is 0. The zero-order chi connectivity index (χ0) is 14.0. The van der Waals surface area contributed by atoms with Crippen molar-refractivity contribution in [3.63, 3.8) is 0 Å². The van der Waals surface area contributed by atoms with Crippen LogP contribution < -0.4 is 5.73 Å². The summed E-state index contributed by atoms with van der Waals surface area (Å²) in [6.07, 6.45) is 0. The number of benzene rings is 2. The number of hydrogen-bond acceptors (Lipinski definition) is 2. The lowest BCUT2D eigenvalue weighted by Gasteiger charge is -2.07. The molecule has 0 aliphatic rings. The van der Waals surface area contributed by atoms with Crippen molar-refractivity contribution in [2.24, 2.45) is 0 Å². The summed E-state index contributed by atoms with van der Waals surface area (Å²) in [5.41, 5.74) is 8.90. The summed E-state index contributed by atoms with van der Waals surface area (Å²) in [6, 6.07) is 13.0. The molecule has 0 amide bonds. The van der Waals surface area contributed by atoms with E-state index >= 15 is 0 Å². The van der Waals surface area contributed by atoms with Crippen molar-refractivity contribution in [2.75, 3.05) is 5.73 Å². The Balaban J connectivity index is 2.30. The highest BCUT2D eigenvalue weighted by atomic mass is 79.9. The van der Waals surface area contributed by atoms with Crippen LogP contribution >= 0.6 is 15.9 Å². The molecule has 0 spiro atoms. The van der Waals surface area contributed by atoms with E-state index in [-0.39, 0.29) is 5.78 Å². The van der Waals surface area contributed by atoms with Gasteiger partial charge in [0.25, 0.3) is 0 Å². The Labute approximate surface area is 121 Å². The van der Waals surface area contributed by atoms with E-state index in [0.29, 0.717) is 22.7 Å². The quantitative estimate of drug-likeness (QED) is 0.674. The monoisotopic (exact) mass is 317 g/mol. The molecule has 2 nitrogen and oxygen atoms in total. The summed E-state index contributed by atoms with van der Waals surface area (Å²) in [7, 11) is 0. The lowest BCUT2D eigenvalue weighted by molar-refractivity contribution is 0.103. The van der Waals surface area contributed by atoms with Gasteiger partial charge in [0, 0.05) is 21.3 Å². The zero-order valence-corrected chi connectivity index (χ0v) is 12.6. The number of halogens is 1. The Morgan fingerprint density at radius 3 is 2.16 bits per heavy atom. The molecule has 0 saturated carbocycles. The molecule has 0 radical (unpaired) electrons. The van der Waals surface area contributed by atoms with E-state index in [1.54, 1.807) is 18.2 Å². The van der Waals surface area contributed by atoms with E-state index in [2.05, 4.69) is 29.8 Å². The van der Waals surface area contributed by atoms with Gasteiger partial charge in [-0.1, -0.05) is 38.1 Å². The number of carbonyl (C=O) groups excluding carboxylic acids is 1. The molecule has 2 N–H and O–H groups in total. The van der Waals surface area contributed by atoms with Crippen molar-refractivity contribution < 1.29 is 4.79 Å². The highest BCUT2D eigenvalue weighted by Gasteiger charge is 2.10. The molecule has 0 fully saturated rings. The summed E-state index contributed by atoms with van der Waals surface area (Å²) >= 11 is 3.32. The van der Waals surface area contributed by atoms with Gasteiger partial charge >= 0.3 is 0 Å². The Bertz CT molecular complexity index is 603. The van der Waals surface area contributed by atoms with E-state index < -0.39 is 0 Å². The van der Waals surface area contributed by atoms with Gasteiger partial charge in [0.2, 0.25) is 0 Å². The van der Waals surface area contributed by atoms with Crippen molar-refractivity contribution in [1.29, 1.82) is 0 Å². The fourth-order valence-electron chi connectivity index (χ4n) is 1.87. The van der Waals surface area contributed by atoms with Gasteiger partial charge in [-0.2, -0.15) is 0 Å². The number of nitrogen functional groups attached to an aromatic ring is 1. The molecule has 3 heteroatoms. The largest absolute Gasteiger partial charge is 0.398 e. The van der Waals surface area contributed by atoms with Crippen molar-refractivity contribution in [1.82, 2.24) is 0 Å². The summed E-state index contributed by atoms with van der Waals surface area (Å²) in [6.45, 7) is 4.26. The summed E-state index contributed by atoms with van der Waals surface area (Å²) in [4.78, 5) is 12.3. The molecule has 0 unspecified atom stereocenters. The van der Waals surface area contributed by atoms with E-state index in [1.165, 1.54) is 5.56 Å². The van der Waals surface area contributed by atoms with Crippen LogP contribution in [0.3, 0.4) is 0 Å². The first-order valence-electron chi connectivity index (χ1n) is 6.18. The number of anilines is 1. The van der Waals surface area contributed by atoms with Gasteiger partial charge in [-0.25, -0.2) is 0 Å². The van der Waals surface area contributed by atoms with Crippen molar-refractivity contribution in [2.45, 2.75) is 19.8 Å². The number of carbonyl (C=O) groups is 1. The van der Waals surface area contributed by atoms with Crippen LogP contribution in [-0.2, 0) is 0 Å². The molecule has 0 atom stereocenters. The fraction of sp³-hybridized carbons (Fsp3) is 0.188. The maximum Gasteiger partial charge on any atom is 0.193 e. The third kappa shape index (κ3) is 3.04. The predicted octanol–water partition coefficient (Wildman–Crippen LogP) is 4.39. The van der Waals surface area contributed by atoms with Gasteiger partial charge in [0.15, 0.2) is 5.78 Å². The van der Waals surface area contributed by atoms with E-state index in [9.17, 15) is 4.79 Å². The van der Waals surface area contributed by atoms with Gasteiger partial charge < -0.3 is 5.73 Å². The van der Waals surface area contributed by atoms with Crippen LogP contribution in [0.2, 0.25) is 0 Å². The van der Waals surface area contributed by atoms with Crippen LogP contribution in [0.15, 0.2) is 46.9 Å². The van der Waals surface area contributed by atoms with Crippen molar-refractivity contribution in [3.8, 4) is 0 Å². The van der Waals surface area contributed by atoms with E-state index in [0.717, 1.165) is 4.47 Å². The third-order valence-electron chi connectivity index (χ3n) is 3.10. The first-order chi connectivity index (χ1) is 8.99. The first kappa shape index (κ1) is 13.8. The van der Waals surface area contributed by atoms with Crippen molar-refractivity contribution >= 4 is 27.4 Å². The minimum atomic E-state index is -0.00509. The standard InChI is InChI=1S/C16H16BrNO/c1-10(2)11-3-5-12(6-4-11)16(19)13-7-8-14(17)15(18)9-13/h3-10H,18H2,1-2H3. The van der Waals surface area contributed by atoms with Crippen LogP contribution in [0, 0.1) is 0 Å². The lowest BCUT2D eigenvalue weighted by atomic mass is 9.98. The molecule has 2 aromatic carbocycles. The molecular weight excluding hydrogens is 302 g/mol. The molecule has 2 rings (SSSR count). The molecule has 0 aromatic heterocycles. The second kappa shape index (κ2) is 5.57. The Kier molecular flexibility index (Phi) is 4.05. The van der Waals surface area contributed by atoms with Gasteiger partial charge in [-0.15, -0.1) is 0 Å². The summed E-state index contributed by atoms with van der Waals surface area (Å²) < 4.78 is 0.805.